The molecule has 1 rings (SSSR count). The Morgan fingerprint density at radius 3 is 2.69 bits per heavy atom. The van der Waals surface area contributed by atoms with Gasteiger partial charge in [-0.25, -0.2) is 0 Å². The second kappa shape index (κ2) is 7.25. The number of rotatable bonds is 10. The summed E-state index contributed by atoms with van der Waals surface area (Å²) in [6.45, 7) is 5.03. The van der Waals surface area contributed by atoms with E-state index in [1.807, 2.05) is 0 Å². The van der Waals surface area contributed by atoms with E-state index in [-0.39, 0.29) is 0 Å². The molecule has 1 aliphatic carbocycles. The van der Waals surface area contributed by atoms with Crippen molar-refractivity contribution in [3.8, 4) is 0 Å². The molecule has 16 heavy (non-hydrogen) atoms. The van der Waals surface area contributed by atoms with E-state index in [1.54, 1.807) is 7.11 Å². The van der Waals surface area contributed by atoms with Crippen molar-refractivity contribution in [2.45, 2.75) is 51.5 Å². The third-order valence-electron chi connectivity index (χ3n) is 3.63. The first kappa shape index (κ1) is 13.9. The first-order valence-electron chi connectivity index (χ1n) is 6.69. The third-order valence-corrected chi connectivity index (χ3v) is 3.63. The van der Waals surface area contributed by atoms with Crippen LogP contribution in [0, 0.1) is 5.41 Å². The predicted octanol–water partition coefficient (Wildman–Crippen LogP) is 1.91. The van der Waals surface area contributed by atoms with E-state index >= 15 is 0 Å². The van der Waals surface area contributed by atoms with Crippen molar-refractivity contribution in [1.29, 1.82) is 0 Å². The molecule has 1 saturated carbocycles. The summed E-state index contributed by atoms with van der Waals surface area (Å²) in [5, 5.41) is 3.66. The molecule has 0 saturated heterocycles. The van der Waals surface area contributed by atoms with Crippen LogP contribution in [0.25, 0.3) is 0 Å². The van der Waals surface area contributed by atoms with Crippen LogP contribution in [0.4, 0.5) is 0 Å². The summed E-state index contributed by atoms with van der Waals surface area (Å²) in [4.78, 5) is 0. The van der Waals surface area contributed by atoms with Crippen LogP contribution < -0.4 is 11.1 Å². The van der Waals surface area contributed by atoms with E-state index in [0.29, 0.717) is 11.5 Å². The Morgan fingerprint density at radius 1 is 1.44 bits per heavy atom. The van der Waals surface area contributed by atoms with Gasteiger partial charge < -0.3 is 15.8 Å². The van der Waals surface area contributed by atoms with Crippen LogP contribution >= 0.6 is 0 Å². The van der Waals surface area contributed by atoms with Gasteiger partial charge in [0.2, 0.25) is 0 Å². The smallest absolute Gasteiger partial charge is 0.0615 e. The van der Waals surface area contributed by atoms with Crippen LogP contribution in [-0.4, -0.2) is 32.8 Å². The van der Waals surface area contributed by atoms with Crippen LogP contribution in [0.5, 0.6) is 0 Å². The minimum absolute atomic E-state index is 0.489. The molecular formula is C13H28N2O. The average Bonchev–Trinajstić information content (AvgIpc) is 3.03. The molecule has 0 bridgehead atoms. The maximum Gasteiger partial charge on any atom is 0.0615 e. The maximum absolute atomic E-state index is 5.55. The van der Waals surface area contributed by atoms with Crippen molar-refractivity contribution < 1.29 is 4.74 Å². The predicted molar refractivity (Wildman–Crippen MR) is 68.5 cm³/mol. The van der Waals surface area contributed by atoms with Crippen molar-refractivity contribution >= 4 is 0 Å². The topological polar surface area (TPSA) is 47.3 Å². The first-order chi connectivity index (χ1) is 7.76. The standard InChI is InChI=1S/C13H28N2O/c1-3-6-13(7-8-13)11-15-12(10-16-2)5-4-9-14/h12,15H,3-11,14H2,1-2H3. The Balaban J connectivity index is 2.20. The fourth-order valence-corrected chi connectivity index (χ4v) is 2.39. The van der Waals surface area contributed by atoms with Gasteiger partial charge >= 0.3 is 0 Å². The molecule has 0 aliphatic heterocycles. The SMILES string of the molecule is CCCC1(CNC(CCCN)COC)CC1. The molecule has 0 spiro atoms. The van der Waals surface area contributed by atoms with Crippen molar-refractivity contribution in [3.05, 3.63) is 0 Å². The number of ether oxygens (including phenoxy) is 1. The van der Waals surface area contributed by atoms with Crippen molar-refractivity contribution in [2.75, 3.05) is 26.8 Å². The van der Waals surface area contributed by atoms with Gasteiger partial charge in [-0.1, -0.05) is 13.3 Å². The van der Waals surface area contributed by atoms with Crippen molar-refractivity contribution in [1.82, 2.24) is 5.32 Å². The minimum Gasteiger partial charge on any atom is -0.383 e. The van der Waals surface area contributed by atoms with Crippen LogP contribution in [0.15, 0.2) is 0 Å². The Labute approximate surface area is 100 Å². The molecule has 3 N–H and O–H groups in total. The second-order valence-corrected chi connectivity index (χ2v) is 5.21. The summed E-state index contributed by atoms with van der Waals surface area (Å²) in [5.74, 6) is 0. The van der Waals surface area contributed by atoms with Gasteiger partial charge in [0.1, 0.15) is 0 Å². The molecule has 0 heterocycles. The molecule has 1 unspecified atom stereocenters. The molecule has 3 heteroatoms. The summed E-state index contributed by atoms with van der Waals surface area (Å²) in [5.41, 5.74) is 6.17. The number of nitrogens with one attached hydrogen (secondary N) is 1. The molecule has 0 radical (unpaired) electrons. The number of nitrogens with two attached hydrogens (primary N) is 1. The summed E-state index contributed by atoms with van der Waals surface area (Å²) < 4.78 is 5.24. The highest BCUT2D eigenvalue weighted by Gasteiger charge is 2.41. The number of methoxy groups -OCH3 is 1. The highest BCUT2D eigenvalue weighted by Crippen LogP contribution is 2.48. The molecule has 96 valence electrons. The van der Waals surface area contributed by atoms with Gasteiger partial charge in [0, 0.05) is 19.7 Å². The Bertz CT molecular complexity index is 181. The van der Waals surface area contributed by atoms with Gasteiger partial charge in [-0.3, -0.25) is 0 Å². The molecule has 0 amide bonds. The monoisotopic (exact) mass is 228 g/mol. The zero-order valence-electron chi connectivity index (χ0n) is 10.9. The largest absolute Gasteiger partial charge is 0.383 e. The maximum atomic E-state index is 5.55. The Kier molecular flexibility index (Phi) is 6.32. The number of hydrogen-bond donors (Lipinski definition) is 2. The normalized spacial score (nSPS) is 19.7. The third kappa shape index (κ3) is 4.81. The summed E-state index contributed by atoms with van der Waals surface area (Å²) in [6.07, 6.45) is 7.71. The lowest BCUT2D eigenvalue weighted by molar-refractivity contribution is 0.157. The lowest BCUT2D eigenvalue weighted by atomic mass is 10.00. The minimum atomic E-state index is 0.489. The van der Waals surface area contributed by atoms with Gasteiger partial charge in [-0.2, -0.15) is 0 Å². The van der Waals surface area contributed by atoms with Crippen molar-refractivity contribution in [2.24, 2.45) is 11.1 Å². The molecule has 0 aromatic rings. The lowest BCUT2D eigenvalue weighted by Crippen LogP contribution is -2.37. The zero-order valence-corrected chi connectivity index (χ0v) is 10.9. The average molecular weight is 228 g/mol. The van der Waals surface area contributed by atoms with Gasteiger partial charge in [0.25, 0.3) is 0 Å². The summed E-state index contributed by atoms with van der Waals surface area (Å²) >= 11 is 0. The van der Waals surface area contributed by atoms with E-state index in [1.165, 1.54) is 32.2 Å². The Morgan fingerprint density at radius 2 is 2.19 bits per heavy atom. The van der Waals surface area contributed by atoms with Crippen LogP contribution in [0.3, 0.4) is 0 Å². The van der Waals surface area contributed by atoms with Gasteiger partial charge in [-0.15, -0.1) is 0 Å². The number of hydrogen-bond acceptors (Lipinski definition) is 3. The fraction of sp³-hybridized carbons (Fsp3) is 1.00. The fourth-order valence-electron chi connectivity index (χ4n) is 2.39. The summed E-state index contributed by atoms with van der Waals surface area (Å²) in [6, 6.07) is 0.489. The van der Waals surface area contributed by atoms with Crippen LogP contribution in [0.1, 0.15) is 45.4 Å². The van der Waals surface area contributed by atoms with Crippen LogP contribution in [-0.2, 0) is 4.74 Å². The summed E-state index contributed by atoms with van der Waals surface area (Å²) in [7, 11) is 1.77. The van der Waals surface area contributed by atoms with E-state index in [4.69, 9.17) is 10.5 Å². The highest BCUT2D eigenvalue weighted by atomic mass is 16.5. The lowest BCUT2D eigenvalue weighted by Gasteiger charge is -2.22. The van der Waals surface area contributed by atoms with E-state index < -0.39 is 0 Å². The van der Waals surface area contributed by atoms with Gasteiger partial charge in [-0.05, 0) is 44.1 Å². The molecule has 0 aromatic heterocycles. The molecular weight excluding hydrogens is 200 g/mol. The zero-order chi connectivity index (χ0) is 11.9. The van der Waals surface area contributed by atoms with Gasteiger partial charge in [0.05, 0.1) is 6.61 Å². The van der Waals surface area contributed by atoms with E-state index in [2.05, 4.69) is 12.2 Å². The van der Waals surface area contributed by atoms with E-state index in [0.717, 1.165) is 26.0 Å². The van der Waals surface area contributed by atoms with Crippen LogP contribution in [0.2, 0.25) is 0 Å². The molecule has 1 atom stereocenters. The quantitative estimate of drug-likeness (QED) is 0.600. The molecule has 1 aliphatic rings. The highest BCUT2D eigenvalue weighted by molar-refractivity contribution is 4.95. The molecule has 0 aromatic carbocycles. The van der Waals surface area contributed by atoms with Crippen molar-refractivity contribution in [3.63, 3.8) is 0 Å². The Hall–Kier alpha value is -0.120. The van der Waals surface area contributed by atoms with Gasteiger partial charge in [0.15, 0.2) is 0 Å². The molecule has 1 fully saturated rings. The first-order valence-corrected chi connectivity index (χ1v) is 6.69. The van der Waals surface area contributed by atoms with E-state index in [9.17, 15) is 0 Å². The molecule has 3 nitrogen and oxygen atoms in total. The second-order valence-electron chi connectivity index (χ2n) is 5.21.